The number of ether oxygens (including phenoxy) is 1. The molecule has 2 fully saturated rings. The van der Waals surface area contributed by atoms with Gasteiger partial charge in [-0.25, -0.2) is 4.98 Å². The van der Waals surface area contributed by atoms with Crippen molar-refractivity contribution in [3.63, 3.8) is 0 Å². The first-order chi connectivity index (χ1) is 9.83. The lowest BCUT2D eigenvalue weighted by atomic mass is 9.98. The third-order valence-electron chi connectivity index (χ3n) is 4.21. The Hall–Kier alpha value is -0.490. The predicted molar refractivity (Wildman–Crippen MR) is 81.9 cm³/mol. The second kappa shape index (κ2) is 6.98. The lowest BCUT2D eigenvalue weighted by molar-refractivity contribution is 0.0964. The zero-order chi connectivity index (χ0) is 13.8. The number of likely N-dealkylation sites (tertiary alicyclic amines) is 1. The molecule has 1 saturated heterocycles. The number of rotatable bonds is 7. The van der Waals surface area contributed by atoms with Gasteiger partial charge in [-0.05, 0) is 44.7 Å². The van der Waals surface area contributed by atoms with E-state index in [1.807, 2.05) is 0 Å². The van der Waals surface area contributed by atoms with Crippen LogP contribution in [0.3, 0.4) is 0 Å². The van der Waals surface area contributed by atoms with E-state index in [2.05, 4.69) is 15.6 Å². The average molecular weight is 295 g/mol. The number of hydrogen-bond donors (Lipinski definition) is 1. The van der Waals surface area contributed by atoms with Crippen molar-refractivity contribution < 1.29 is 4.74 Å². The van der Waals surface area contributed by atoms with Gasteiger partial charge in [-0.15, -0.1) is 11.3 Å². The predicted octanol–water partition coefficient (Wildman–Crippen LogP) is 2.25. The Morgan fingerprint density at radius 1 is 1.35 bits per heavy atom. The van der Waals surface area contributed by atoms with Crippen LogP contribution in [0.15, 0.2) is 5.38 Å². The molecular weight excluding hydrogens is 270 g/mol. The number of methoxy groups -OCH3 is 1. The maximum Gasteiger partial charge on any atom is 0.107 e. The van der Waals surface area contributed by atoms with Crippen LogP contribution in [0, 0.1) is 5.92 Å². The van der Waals surface area contributed by atoms with Gasteiger partial charge in [0.15, 0.2) is 0 Å². The molecule has 0 radical (unpaired) electrons. The van der Waals surface area contributed by atoms with Crippen LogP contribution in [-0.4, -0.2) is 42.7 Å². The van der Waals surface area contributed by atoms with Gasteiger partial charge in [0.1, 0.15) is 5.01 Å². The molecule has 3 rings (SSSR count). The van der Waals surface area contributed by atoms with E-state index in [1.165, 1.54) is 49.5 Å². The zero-order valence-corrected chi connectivity index (χ0v) is 13.1. The molecule has 0 bridgehead atoms. The van der Waals surface area contributed by atoms with Crippen molar-refractivity contribution in [1.29, 1.82) is 0 Å². The molecule has 0 spiro atoms. The Kier molecular flexibility index (Phi) is 5.04. The monoisotopic (exact) mass is 295 g/mol. The van der Waals surface area contributed by atoms with Crippen molar-refractivity contribution in [2.24, 2.45) is 5.92 Å². The number of hydrogen-bond acceptors (Lipinski definition) is 5. The van der Waals surface area contributed by atoms with Crippen LogP contribution in [-0.2, 0) is 17.8 Å². The zero-order valence-electron chi connectivity index (χ0n) is 12.3. The number of piperidine rings is 1. The van der Waals surface area contributed by atoms with Crippen LogP contribution in [0.25, 0.3) is 0 Å². The third-order valence-corrected chi connectivity index (χ3v) is 5.11. The maximum atomic E-state index is 5.25. The number of thiazole rings is 1. The molecule has 1 aliphatic carbocycles. The fourth-order valence-electron chi connectivity index (χ4n) is 2.80. The normalized spacial score (nSPS) is 21.4. The lowest BCUT2D eigenvalue weighted by Crippen LogP contribution is -2.34. The molecule has 112 valence electrons. The molecule has 0 amide bonds. The second-order valence-corrected chi connectivity index (χ2v) is 7.01. The summed E-state index contributed by atoms with van der Waals surface area (Å²) >= 11 is 1.80. The van der Waals surface area contributed by atoms with Crippen LogP contribution in [0.2, 0.25) is 0 Å². The summed E-state index contributed by atoms with van der Waals surface area (Å²) in [6, 6.07) is 0.766. The largest absolute Gasteiger partial charge is 0.384 e. The van der Waals surface area contributed by atoms with Gasteiger partial charge in [0, 0.05) is 38.2 Å². The van der Waals surface area contributed by atoms with E-state index in [0.29, 0.717) is 0 Å². The van der Waals surface area contributed by atoms with Gasteiger partial charge in [-0.2, -0.15) is 0 Å². The molecular formula is C15H25N3OS. The molecule has 0 unspecified atom stereocenters. The number of nitrogens with one attached hydrogen (secondary N) is 1. The molecule has 1 N–H and O–H groups in total. The van der Waals surface area contributed by atoms with Crippen LogP contribution in [0.5, 0.6) is 0 Å². The Bertz CT molecular complexity index is 411. The van der Waals surface area contributed by atoms with E-state index in [0.717, 1.165) is 31.7 Å². The van der Waals surface area contributed by atoms with Crippen LogP contribution in [0.4, 0.5) is 0 Å². The van der Waals surface area contributed by atoms with E-state index in [-0.39, 0.29) is 0 Å². The molecule has 4 nitrogen and oxygen atoms in total. The third kappa shape index (κ3) is 4.25. The Labute approximate surface area is 125 Å². The highest BCUT2D eigenvalue weighted by Crippen LogP contribution is 2.21. The van der Waals surface area contributed by atoms with Crippen molar-refractivity contribution >= 4 is 11.3 Å². The summed E-state index contributed by atoms with van der Waals surface area (Å²) in [7, 11) is 1.80. The van der Waals surface area contributed by atoms with E-state index in [9.17, 15) is 0 Å². The van der Waals surface area contributed by atoms with Gasteiger partial charge in [0.2, 0.25) is 0 Å². The molecule has 1 aromatic rings. The number of aromatic nitrogens is 1. The minimum Gasteiger partial charge on any atom is -0.384 e. The minimum absolute atomic E-state index is 0.755. The smallest absolute Gasteiger partial charge is 0.107 e. The summed E-state index contributed by atoms with van der Waals surface area (Å²) in [5, 5.41) is 6.99. The average Bonchev–Trinajstić information content (AvgIpc) is 3.19. The number of nitrogens with zero attached hydrogens (tertiary/aromatic N) is 2. The van der Waals surface area contributed by atoms with E-state index in [4.69, 9.17) is 9.72 Å². The minimum atomic E-state index is 0.755. The lowest BCUT2D eigenvalue weighted by Gasteiger charge is -2.31. The van der Waals surface area contributed by atoms with Crippen molar-refractivity contribution in [2.45, 2.75) is 44.8 Å². The maximum absolute atomic E-state index is 5.25. The van der Waals surface area contributed by atoms with Gasteiger partial charge < -0.3 is 10.1 Å². The fourth-order valence-corrected chi connectivity index (χ4v) is 3.53. The van der Waals surface area contributed by atoms with E-state index < -0.39 is 0 Å². The Morgan fingerprint density at radius 3 is 2.85 bits per heavy atom. The Morgan fingerprint density at radius 2 is 2.15 bits per heavy atom. The first kappa shape index (κ1) is 14.4. The summed E-state index contributed by atoms with van der Waals surface area (Å²) < 4.78 is 5.25. The van der Waals surface area contributed by atoms with Crippen LogP contribution < -0.4 is 5.32 Å². The second-order valence-electron chi connectivity index (χ2n) is 6.06. The molecule has 5 heteroatoms. The van der Waals surface area contributed by atoms with E-state index in [1.54, 1.807) is 18.4 Å². The summed E-state index contributed by atoms with van der Waals surface area (Å²) in [5.41, 5.74) is 1.24. The van der Waals surface area contributed by atoms with Crippen LogP contribution in [0.1, 0.15) is 36.4 Å². The van der Waals surface area contributed by atoms with Gasteiger partial charge in [0.25, 0.3) is 0 Å². The topological polar surface area (TPSA) is 37.4 Å². The Balaban J connectivity index is 1.41. The first-order valence-electron chi connectivity index (χ1n) is 7.71. The highest BCUT2D eigenvalue weighted by Gasteiger charge is 2.21. The van der Waals surface area contributed by atoms with Crippen molar-refractivity contribution in [1.82, 2.24) is 15.2 Å². The fraction of sp³-hybridized carbons (Fsp3) is 0.800. The highest BCUT2D eigenvalue weighted by atomic mass is 32.1. The first-order valence-corrected chi connectivity index (χ1v) is 8.59. The molecule has 2 heterocycles. The summed E-state index contributed by atoms with van der Waals surface area (Å²) in [6.45, 7) is 5.24. The molecule has 1 saturated carbocycles. The molecule has 0 atom stereocenters. The molecule has 0 aromatic carbocycles. The van der Waals surface area contributed by atoms with Gasteiger partial charge in [-0.3, -0.25) is 4.90 Å². The SMILES string of the molecule is COCC1CCN(Cc2csc(CNC3CC3)n2)CC1. The standard InChI is InChI=1S/C15H25N3OS/c1-19-10-12-4-6-18(7-5-12)9-14-11-20-15(17-14)8-16-13-2-3-13/h11-13,16H,2-10H2,1H3. The quantitative estimate of drug-likeness (QED) is 0.837. The summed E-state index contributed by atoms with van der Waals surface area (Å²) in [5.74, 6) is 0.755. The molecule has 1 aliphatic heterocycles. The van der Waals surface area contributed by atoms with Gasteiger partial charge >= 0.3 is 0 Å². The van der Waals surface area contributed by atoms with Crippen molar-refractivity contribution in [3.05, 3.63) is 16.1 Å². The van der Waals surface area contributed by atoms with Gasteiger partial charge in [-0.1, -0.05) is 0 Å². The molecule has 1 aromatic heterocycles. The van der Waals surface area contributed by atoms with Crippen molar-refractivity contribution in [2.75, 3.05) is 26.8 Å². The summed E-state index contributed by atoms with van der Waals surface area (Å²) in [4.78, 5) is 7.28. The molecule has 20 heavy (non-hydrogen) atoms. The van der Waals surface area contributed by atoms with Crippen LogP contribution >= 0.6 is 11.3 Å². The van der Waals surface area contributed by atoms with Gasteiger partial charge in [0.05, 0.1) is 5.69 Å². The van der Waals surface area contributed by atoms with E-state index >= 15 is 0 Å². The summed E-state index contributed by atoms with van der Waals surface area (Å²) in [6.07, 6.45) is 5.20. The molecule has 2 aliphatic rings. The van der Waals surface area contributed by atoms with Crippen molar-refractivity contribution in [3.8, 4) is 0 Å². The highest BCUT2D eigenvalue weighted by molar-refractivity contribution is 7.09.